The van der Waals surface area contributed by atoms with E-state index in [1.54, 1.807) is 0 Å². The molecular weight excluding hydrogens is 292 g/mol. The number of halogens is 1. The summed E-state index contributed by atoms with van der Waals surface area (Å²) in [4.78, 5) is 0. The minimum absolute atomic E-state index is 0.697. The summed E-state index contributed by atoms with van der Waals surface area (Å²) < 4.78 is 3.03. The largest absolute Gasteiger partial charge is 0.399 e. The van der Waals surface area contributed by atoms with E-state index >= 15 is 0 Å². The molecule has 2 N–H and O–H groups in total. The van der Waals surface area contributed by atoms with Crippen LogP contribution in [-0.2, 0) is 6.42 Å². The molecule has 0 saturated carbocycles. The predicted molar refractivity (Wildman–Crippen MR) is 74.3 cm³/mol. The highest BCUT2D eigenvalue weighted by atomic mass is 79.9. The van der Waals surface area contributed by atoms with E-state index in [1.165, 1.54) is 5.56 Å². The van der Waals surface area contributed by atoms with Gasteiger partial charge in [-0.3, -0.25) is 4.40 Å². The fraction of sp³-hybridized carbons (Fsp3) is 0.0769. The van der Waals surface area contributed by atoms with Crippen LogP contribution < -0.4 is 5.73 Å². The Morgan fingerprint density at radius 2 is 2.00 bits per heavy atom. The van der Waals surface area contributed by atoms with Crippen LogP contribution in [0.2, 0.25) is 0 Å². The molecule has 0 unspecified atom stereocenters. The Bertz CT molecular complexity index is 705. The van der Waals surface area contributed by atoms with E-state index in [2.05, 4.69) is 32.2 Å². The lowest BCUT2D eigenvalue weighted by atomic mass is 10.1. The third-order valence-corrected chi connectivity index (χ3v) is 3.58. The Morgan fingerprint density at radius 1 is 1.17 bits per heavy atom. The highest BCUT2D eigenvalue weighted by Crippen LogP contribution is 2.19. The van der Waals surface area contributed by atoms with E-state index in [-0.39, 0.29) is 0 Å². The van der Waals surface area contributed by atoms with Gasteiger partial charge in [-0.15, -0.1) is 10.2 Å². The van der Waals surface area contributed by atoms with Gasteiger partial charge < -0.3 is 5.73 Å². The molecule has 0 bridgehead atoms. The second kappa shape index (κ2) is 4.42. The molecule has 0 atom stereocenters. The van der Waals surface area contributed by atoms with Gasteiger partial charge in [0.25, 0.3) is 0 Å². The number of hydrogen-bond acceptors (Lipinski definition) is 3. The molecule has 0 aliphatic heterocycles. The average Bonchev–Trinajstić information content (AvgIpc) is 2.74. The smallest absolute Gasteiger partial charge is 0.162 e. The summed E-state index contributed by atoms with van der Waals surface area (Å²) in [5.74, 6) is 0.900. The molecule has 90 valence electrons. The predicted octanol–water partition coefficient (Wildman–Crippen LogP) is 2.66. The molecule has 4 nitrogen and oxygen atoms in total. The topological polar surface area (TPSA) is 56.2 Å². The molecule has 0 radical (unpaired) electrons. The zero-order chi connectivity index (χ0) is 12.5. The number of benzene rings is 1. The second-order valence-electron chi connectivity index (χ2n) is 4.07. The van der Waals surface area contributed by atoms with Gasteiger partial charge in [0.2, 0.25) is 0 Å². The maximum absolute atomic E-state index is 5.72. The molecule has 3 rings (SSSR count). The SMILES string of the molecule is Nc1ccn2c(Cc3ccccc3Br)nnc2c1. The highest BCUT2D eigenvalue weighted by molar-refractivity contribution is 9.10. The van der Waals surface area contributed by atoms with Crippen molar-refractivity contribution in [2.45, 2.75) is 6.42 Å². The molecule has 0 spiro atoms. The molecule has 1 aromatic carbocycles. The van der Waals surface area contributed by atoms with E-state index < -0.39 is 0 Å². The Labute approximate surface area is 113 Å². The molecule has 0 saturated heterocycles. The number of pyridine rings is 1. The van der Waals surface area contributed by atoms with Gasteiger partial charge in [0.05, 0.1) is 0 Å². The standard InChI is InChI=1S/C13H11BrN4/c14-11-4-2-1-3-9(11)7-12-16-17-13-8-10(15)5-6-18(12)13/h1-6,8H,7,15H2. The van der Waals surface area contributed by atoms with Gasteiger partial charge in [0, 0.05) is 28.8 Å². The van der Waals surface area contributed by atoms with E-state index in [1.807, 2.05) is 40.9 Å². The summed E-state index contributed by atoms with van der Waals surface area (Å²) in [5, 5.41) is 8.33. The number of hydrogen-bond donors (Lipinski definition) is 1. The number of nitrogens with zero attached hydrogens (tertiary/aromatic N) is 3. The van der Waals surface area contributed by atoms with Gasteiger partial charge >= 0.3 is 0 Å². The summed E-state index contributed by atoms with van der Waals surface area (Å²) in [5.41, 5.74) is 8.38. The van der Waals surface area contributed by atoms with E-state index in [0.717, 1.165) is 22.4 Å². The van der Waals surface area contributed by atoms with Crippen molar-refractivity contribution in [2.75, 3.05) is 5.73 Å². The third kappa shape index (κ3) is 1.97. The van der Waals surface area contributed by atoms with E-state index in [9.17, 15) is 0 Å². The monoisotopic (exact) mass is 302 g/mol. The first-order valence-corrected chi connectivity index (χ1v) is 6.36. The lowest BCUT2D eigenvalue weighted by Gasteiger charge is -2.03. The average molecular weight is 303 g/mol. The van der Waals surface area contributed by atoms with E-state index in [0.29, 0.717) is 5.69 Å². The maximum atomic E-state index is 5.72. The lowest BCUT2D eigenvalue weighted by Crippen LogP contribution is -1.97. The Hall–Kier alpha value is -1.88. The Balaban J connectivity index is 2.03. The molecule has 2 aromatic heterocycles. The minimum Gasteiger partial charge on any atom is -0.399 e. The Morgan fingerprint density at radius 3 is 2.83 bits per heavy atom. The van der Waals surface area contributed by atoms with Crippen LogP contribution in [0.15, 0.2) is 47.1 Å². The fourth-order valence-corrected chi connectivity index (χ4v) is 2.31. The van der Waals surface area contributed by atoms with Crippen LogP contribution >= 0.6 is 15.9 Å². The zero-order valence-corrected chi connectivity index (χ0v) is 11.1. The van der Waals surface area contributed by atoms with Crippen molar-refractivity contribution in [3.63, 3.8) is 0 Å². The van der Waals surface area contributed by atoms with Crippen LogP contribution in [-0.4, -0.2) is 14.6 Å². The number of rotatable bonds is 2. The number of fused-ring (bicyclic) bond motifs is 1. The number of nitrogens with two attached hydrogens (primary N) is 1. The first kappa shape index (κ1) is 11.2. The zero-order valence-electron chi connectivity index (χ0n) is 9.55. The van der Waals surface area contributed by atoms with Crippen LogP contribution in [0.5, 0.6) is 0 Å². The van der Waals surface area contributed by atoms with Gasteiger partial charge in [-0.1, -0.05) is 34.1 Å². The first-order valence-electron chi connectivity index (χ1n) is 5.56. The summed E-state index contributed by atoms with van der Waals surface area (Å²) in [6.07, 6.45) is 2.63. The van der Waals surface area contributed by atoms with Gasteiger partial charge in [0.1, 0.15) is 5.82 Å². The van der Waals surface area contributed by atoms with Crippen molar-refractivity contribution < 1.29 is 0 Å². The lowest BCUT2D eigenvalue weighted by molar-refractivity contribution is 0.932. The molecular formula is C13H11BrN4. The molecule has 0 fully saturated rings. The normalized spacial score (nSPS) is 10.9. The van der Waals surface area contributed by atoms with Gasteiger partial charge in [-0.05, 0) is 17.7 Å². The van der Waals surface area contributed by atoms with Crippen LogP contribution in [0.3, 0.4) is 0 Å². The molecule has 2 heterocycles. The van der Waals surface area contributed by atoms with Crippen molar-refractivity contribution >= 4 is 27.3 Å². The van der Waals surface area contributed by atoms with Gasteiger partial charge in [-0.2, -0.15) is 0 Å². The number of nitrogen functional groups attached to an aromatic ring is 1. The van der Waals surface area contributed by atoms with Gasteiger partial charge in [0.15, 0.2) is 5.65 Å². The first-order chi connectivity index (χ1) is 8.74. The molecule has 18 heavy (non-hydrogen) atoms. The summed E-state index contributed by atoms with van der Waals surface area (Å²) in [6, 6.07) is 11.8. The number of aromatic nitrogens is 3. The molecule has 0 aliphatic carbocycles. The minimum atomic E-state index is 0.697. The maximum Gasteiger partial charge on any atom is 0.162 e. The molecule has 0 amide bonds. The van der Waals surface area contributed by atoms with Crippen LogP contribution in [0.1, 0.15) is 11.4 Å². The fourth-order valence-electron chi connectivity index (χ4n) is 1.89. The van der Waals surface area contributed by atoms with E-state index in [4.69, 9.17) is 5.73 Å². The van der Waals surface area contributed by atoms with Crippen molar-refractivity contribution in [2.24, 2.45) is 0 Å². The molecule has 5 heteroatoms. The van der Waals surface area contributed by atoms with Crippen LogP contribution in [0, 0.1) is 0 Å². The second-order valence-corrected chi connectivity index (χ2v) is 4.93. The van der Waals surface area contributed by atoms with Crippen molar-refractivity contribution in [3.8, 4) is 0 Å². The van der Waals surface area contributed by atoms with Crippen LogP contribution in [0.4, 0.5) is 5.69 Å². The Kier molecular flexibility index (Phi) is 2.76. The third-order valence-electron chi connectivity index (χ3n) is 2.81. The molecule has 0 aliphatic rings. The number of anilines is 1. The molecule has 3 aromatic rings. The van der Waals surface area contributed by atoms with Crippen molar-refractivity contribution in [1.29, 1.82) is 0 Å². The van der Waals surface area contributed by atoms with Crippen LogP contribution in [0.25, 0.3) is 5.65 Å². The van der Waals surface area contributed by atoms with Crippen molar-refractivity contribution in [3.05, 3.63) is 58.5 Å². The quantitative estimate of drug-likeness (QED) is 0.792. The summed E-state index contributed by atoms with van der Waals surface area (Å²) in [7, 11) is 0. The van der Waals surface area contributed by atoms with Gasteiger partial charge in [-0.25, -0.2) is 0 Å². The highest BCUT2D eigenvalue weighted by Gasteiger charge is 2.08. The summed E-state index contributed by atoms with van der Waals surface area (Å²) >= 11 is 3.54. The summed E-state index contributed by atoms with van der Waals surface area (Å²) in [6.45, 7) is 0. The van der Waals surface area contributed by atoms with Crippen molar-refractivity contribution in [1.82, 2.24) is 14.6 Å².